The fraction of sp³-hybridized carbons (Fsp3) is 0. The van der Waals surface area contributed by atoms with Gasteiger partial charge in [0.1, 0.15) is 5.75 Å². The maximum Gasteiger partial charge on any atom is 0.386 e. The second kappa shape index (κ2) is 10.1. The number of carboxylic acids is 1. The van der Waals surface area contributed by atoms with Gasteiger partial charge < -0.3 is 10.2 Å². The Morgan fingerprint density at radius 1 is 0.607 bits per heavy atom. The summed E-state index contributed by atoms with van der Waals surface area (Å²) in [5, 5.41) is 17.2. The van der Waals surface area contributed by atoms with Crippen LogP contribution in [0.3, 0.4) is 0 Å². The first kappa shape index (κ1) is 20.2. The van der Waals surface area contributed by atoms with E-state index < -0.39 is 17.9 Å². The molecule has 0 aliphatic heterocycles. The van der Waals surface area contributed by atoms with Crippen molar-refractivity contribution in [2.24, 2.45) is 0 Å². The Balaban J connectivity index is 0.000000237. The number of benzene rings is 3. The molecule has 142 valence electrons. The fourth-order valence-electron chi connectivity index (χ4n) is 1.96. The lowest BCUT2D eigenvalue weighted by molar-refractivity contribution is -0.187. The van der Waals surface area contributed by atoms with Crippen molar-refractivity contribution in [2.75, 3.05) is 0 Å². The van der Waals surface area contributed by atoms with Gasteiger partial charge in [-0.15, -0.1) is 0 Å². The van der Waals surface area contributed by atoms with E-state index in [2.05, 4.69) is 9.78 Å². The molecule has 0 saturated carbocycles. The molecule has 0 bridgehead atoms. The van der Waals surface area contributed by atoms with Gasteiger partial charge in [-0.1, -0.05) is 42.5 Å². The van der Waals surface area contributed by atoms with Crippen molar-refractivity contribution < 1.29 is 34.4 Å². The van der Waals surface area contributed by atoms with Gasteiger partial charge in [-0.25, -0.2) is 24.2 Å². The van der Waals surface area contributed by atoms with Gasteiger partial charge in [0, 0.05) is 0 Å². The molecule has 0 aliphatic carbocycles. The quantitative estimate of drug-likeness (QED) is 0.526. The first-order chi connectivity index (χ1) is 13.5. The first-order valence-electron chi connectivity index (χ1n) is 8.03. The van der Waals surface area contributed by atoms with Crippen molar-refractivity contribution in [1.82, 2.24) is 0 Å². The maximum atomic E-state index is 11.5. The lowest BCUT2D eigenvalue weighted by Gasteiger charge is -2.02. The zero-order valence-corrected chi connectivity index (χ0v) is 14.5. The largest absolute Gasteiger partial charge is 0.508 e. The zero-order chi connectivity index (χ0) is 20.4. The summed E-state index contributed by atoms with van der Waals surface area (Å²) in [6.45, 7) is 0. The number of hydrogen-bond donors (Lipinski definition) is 2. The van der Waals surface area contributed by atoms with Crippen molar-refractivity contribution >= 4 is 17.9 Å². The number of phenolic OH excluding ortho intramolecular Hbond substituents is 1. The number of carboxylic acid groups (broad SMARTS) is 1. The van der Waals surface area contributed by atoms with Gasteiger partial charge in [-0.2, -0.15) is 0 Å². The van der Waals surface area contributed by atoms with Crippen LogP contribution >= 0.6 is 0 Å². The summed E-state index contributed by atoms with van der Waals surface area (Å²) >= 11 is 0. The van der Waals surface area contributed by atoms with E-state index in [9.17, 15) is 14.4 Å². The third kappa shape index (κ3) is 6.30. The molecular weight excluding hydrogens is 364 g/mol. The highest BCUT2D eigenvalue weighted by Gasteiger charge is 2.13. The van der Waals surface area contributed by atoms with Gasteiger partial charge in [0.2, 0.25) is 0 Å². The molecule has 0 aromatic heterocycles. The molecule has 7 heteroatoms. The minimum atomic E-state index is -1.03. The molecule has 0 amide bonds. The summed E-state index contributed by atoms with van der Waals surface area (Å²) in [6.07, 6.45) is 0. The van der Waals surface area contributed by atoms with E-state index in [1.165, 1.54) is 24.3 Å². The molecular formula is C21H16O7. The number of aromatic carboxylic acids is 1. The molecule has 0 unspecified atom stereocenters. The molecule has 0 saturated heterocycles. The van der Waals surface area contributed by atoms with E-state index in [-0.39, 0.29) is 11.3 Å². The Morgan fingerprint density at radius 2 is 1.04 bits per heavy atom. The Labute approximate surface area is 160 Å². The van der Waals surface area contributed by atoms with E-state index in [4.69, 9.17) is 10.2 Å². The van der Waals surface area contributed by atoms with Crippen LogP contribution in [0.4, 0.5) is 0 Å². The molecule has 0 heterocycles. The Hall–Kier alpha value is -4.13. The lowest BCUT2D eigenvalue weighted by atomic mass is 10.2. The van der Waals surface area contributed by atoms with E-state index in [0.29, 0.717) is 11.1 Å². The summed E-state index contributed by atoms with van der Waals surface area (Å²) in [6, 6.07) is 22.1. The van der Waals surface area contributed by atoms with Crippen molar-refractivity contribution in [3.63, 3.8) is 0 Å². The van der Waals surface area contributed by atoms with E-state index in [0.717, 1.165) is 0 Å². The number of carbonyl (C=O) groups is 3. The SMILES string of the molecule is O=C(O)c1cccc(O)c1.O=C(OOC(=O)c1ccccc1)c1ccccc1. The number of carbonyl (C=O) groups excluding carboxylic acids is 2. The van der Waals surface area contributed by atoms with Crippen molar-refractivity contribution in [3.8, 4) is 5.75 Å². The molecule has 7 nitrogen and oxygen atoms in total. The summed E-state index contributed by atoms with van der Waals surface area (Å²) in [4.78, 5) is 42.1. The molecule has 0 atom stereocenters. The minimum Gasteiger partial charge on any atom is -0.508 e. The molecule has 0 spiro atoms. The third-order valence-electron chi connectivity index (χ3n) is 3.31. The molecule has 0 fully saturated rings. The molecule has 0 radical (unpaired) electrons. The number of rotatable bonds is 3. The van der Waals surface area contributed by atoms with Crippen LogP contribution in [-0.4, -0.2) is 28.1 Å². The van der Waals surface area contributed by atoms with Crippen LogP contribution in [0.25, 0.3) is 0 Å². The average Bonchev–Trinajstić information content (AvgIpc) is 2.73. The summed E-state index contributed by atoms with van der Waals surface area (Å²) in [5.41, 5.74) is 0.733. The molecule has 0 aliphatic rings. The van der Waals surface area contributed by atoms with Crippen molar-refractivity contribution in [2.45, 2.75) is 0 Å². The molecule has 2 N–H and O–H groups in total. The number of hydrogen-bond acceptors (Lipinski definition) is 6. The standard InChI is InChI=1S/C14H10O4.C7H6O3/c15-13(11-7-3-1-4-8-11)17-18-14(16)12-9-5-2-6-10-12;8-6-3-1-2-5(4-6)7(9)10/h1-10H;1-4,8H,(H,9,10). The van der Waals surface area contributed by atoms with Gasteiger partial charge in [0.05, 0.1) is 16.7 Å². The predicted molar refractivity (Wildman–Crippen MR) is 98.8 cm³/mol. The highest BCUT2D eigenvalue weighted by Crippen LogP contribution is 2.10. The van der Waals surface area contributed by atoms with E-state index in [1.807, 2.05) is 0 Å². The van der Waals surface area contributed by atoms with Gasteiger partial charge in [0.15, 0.2) is 0 Å². The van der Waals surface area contributed by atoms with Gasteiger partial charge >= 0.3 is 17.9 Å². The minimum absolute atomic E-state index is 0.0279. The molecule has 3 aromatic carbocycles. The Kier molecular flexibility index (Phi) is 7.30. The highest BCUT2D eigenvalue weighted by molar-refractivity contribution is 5.92. The maximum absolute atomic E-state index is 11.5. The number of aromatic hydroxyl groups is 1. The first-order valence-corrected chi connectivity index (χ1v) is 8.03. The van der Waals surface area contributed by atoms with Crippen molar-refractivity contribution in [3.05, 3.63) is 102 Å². The number of phenols is 1. The van der Waals surface area contributed by atoms with Crippen molar-refractivity contribution in [1.29, 1.82) is 0 Å². The fourth-order valence-corrected chi connectivity index (χ4v) is 1.96. The third-order valence-corrected chi connectivity index (χ3v) is 3.31. The molecule has 3 aromatic rings. The monoisotopic (exact) mass is 380 g/mol. The Bertz CT molecular complexity index is 886. The lowest BCUT2D eigenvalue weighted by Crippen LogP contribution is -2.11. The Morgan fingerprint density at radius 3 is 1.39 bits per heavy atom. The van der Waals surface area contributed by atoms with Crippen LogP contribution in [0.2, 0.25) is 0 Å². The normalized spacial score (nSPS) is 9.43. The molecule has 28 heavy (non-hydrogen) atoms. The van der Waals surface area contributed by atoms with Crippen LogP contribution in [0.15, 0.2) is 84.9 Å². The topological polar surface area (TPSA) is 110 Å². The molecule has 3 rings (SSSR count). The van der Waals surface area contributed by atoms with Gasteiger partial charge in [-0.3, -0.25) is 0 Å². The van der Waals surface area contributed by atoms with Gasteiger partial charge in [0.25, 0.3) is 0 Å². The van der Waals surface area contributed by atoms with Crippen LogP contribution in [-0.2, 0) is 9.78 Å². The van der Waals surface area contributed by atoms with Crippen LogP contribution in [0.1, 0.15) is 31.1 Å². The highest BCUT2D eigenvalue weighted by atomic mass is 17.2. The summed E-state index contributed by atoms with van der Waals surface area (Å²) in [7, 11) is 0. The van der Waals surface area contributed by atoms with Gasteiger partial charge in [-0.05, 0) is 42.5 Å². The summed E-state index contributed by atoms with van der Waals surface area (Å²) in [5.74, 6) is -2.48. The van der Waals surface area contributed by atoms with E-state index in [1.54, 1.807) is 60.7 Å². The van der Waals surface area contributed by atoms with Crippen LogP contribution in [0.5, 0.6) is 5.75 Å². The van der Waals surface area contributed by atoms with Crippen LogP contribution < -0.4 is 0 Å². The van der Waals surface area contributed by atoms with Crippen LogP contribution in [0, 0.1) is 0 Å². The smallest absolute Gasteiger partial charge is 0.386 e. The zero-order valence-electron chi connectivity index (χ0n) is 14.5. The second-order valence-corrected chi connectivity index (χ2v) is 5.33. The van der Waals surface area contributed by atoms with E-state index >= 15 is 0 Å². The average molecular weight is 380 g/mol. The second-order valence-electron chi connectivity index (χ2n) is 5.33. The summed E-state index contributed by atoms with van der Waals surface area (Å²) < 4.78 is 0. The predicted octanol–water partition coefficient (Wildman–Crippen LogP) is 3.71.